The first-order valence-corrected chi connectivity index (χ1v) is 6.65. The molecule has 0 aliphatic carbocycles. The van der Waals surface area contributed by atoms with Crippen LogP contribution >= 0.6 is 0 Å². The smallest absolute Gasteiger partial charge is 0.172 e. The van der Waals surface area contributed by atoms with Crippen LogP contribution in [-0.2, 0) is 6.42 Å². The minimum absolute atomic E-state index is 0.453. The molecule has 0 bridgehead atoms. The maximum absolute atomic E-state index is 11.1. The zero-order chi connectivity index (χ0) is 13.8. The van der Waals surface area contributed by atoms with E-state index in [-0.39, 0.29) is 0 Å². The number of nitrogens with zero attached hydrogens (tertiary/aromatic N) is 3. The summed E-state index contributed by atoms with van der Waals surface area (Å²) in [5, 5.41) is 8.13. The van der Waals surface area contributed by atoms with Gasteiger partial charge in [0.1, 0.15) is 5.69 Å². The van der Waals surface area contributed by atoms with Crippen molar-refractivity contribution in [3.05, 3.63) is 40.7 Å². The number of hydrogen-bond acceptors (Lipinski definition) is 3. The van der Waals surface area contributed by atoms with Gasteiger partial charge in [-0.1, -0.05) is 30.7 Å². The largest absolute Gasteiger partial charge is 0.296 e. The third kappa shape index (κ3) is 2.57. The zero-order valence-corrected chi connectivity index (χ0v) is 11.7. The van der Waals surface area contributed by atoms with Crippen LogP contribution in [0.3, 0.4) is 0 Å². The van der Waals surface area contributed by atoms with E-state index >= 15 is 0 Å². The molecule has 0 spiro atoms. The maximum Gasteiger partial charge on any atom is 0.172 e. The van der Waals surface area contributed by atoms with E-state index in [1.165, 1.54) is 11.1 Å². The van der Waals surface area contributed by atoms with Crippen LogP contribution in [0.4, 0.5) is 0 Å². The van der Waals surface area contributed by atoms with Gasteiger partial charge in [0.25, 0.3) is 0 Å². The molecule has 100 valence electrons. The van der Waals surface area contributed by atoms with Crippen LogP contribution < -0.4 is 0 Å². The molecule has 0 atom stereocenters. The van der Waals surface area contributed by atoms with Gasteiger partial charge >= 0.3 is 0 Å². The lowest BCUT2D eigenvalue weighted by Gasteiger charge is -2.11. The Hall–Kier alpha value is -1.97. The Morgan fingerprint density at radius 2 is 2.11 bits per heavy atom. The lowest BCUT2D eigenvalue weighted by molar-refractivity contribution is 0.111. The Morgan fingerprint density at radius 3 is 2.79 bits per heavy atom. The molecule has 2 aromatic rings. The van der Waals surface area contributed by atoms with Gasteiger partial charge in [-0.15, -0.1) is 5.10 Å². The Bertz CT molecular complexity index is 587. The van der Waals surface area contributed by atoms with Crippen molar-refractivity contribution in [1.82, 2.24) is 15.0 Å². The number of unbranched alkanes of at least 4 members (excludes halogenated alkanes) is 1. The van der Waals surface area contributed by atoms with Crippen molar-refractivity contribution in [2.45, 2.75) is 40.0 Å². The third-order valence-electron chi connectivity index (χ3n) is 3.48. The summed E-state index contributed by atoms with van der Waals surface area (Å²) in [4.78, 5) is 11.1. The second-order valence-corrected chi connectivity index (χ2v) is 4.77. The van der Waals surface area contributed by atoms with Crippen molar-refractivity contribution >= 4 is 6.29 Å². The summed E-state index contributed by atoms with van der Waals surface area (Å²) in [6, 6.07) is 6.09. The number of hydrogen-bond donors (Lipinski definition) is 0. The molecular formula is C15H19N3O. The van der Waals surface area contributed by atoms with E-state index in [2.05, 4.69) is 37.1 Å². The quantitative estimate of drug-likeness (QED) is 0.773. The summed E-state index contributed by atoms with van der Waals surface area (Å²) in [5.74, 6) is 0. The Balaban J connectivity index is 2.52. The lowest BCUT2D eigenvalue weighted by Crippen LogP contribution is -2.06. The summed E-state index contributed by atoms with van der Waals surface area (Å²) < 4.78 is 1.81. The number of benzene rings is 1. The molecular weight excluding hydrogens is 238 g/mol. The highest BCUT2D eigenvalue weighted by atomic mass is 16.1. The number of carbonyl (C=O) groups excluding carboxylic acids is 1. The molecule has 2 rings (SSSR count). The normalized spacial score (nSPS) is 10.7. The SMILES string of the molecule is CCCCc1c(C=O)nnn1-c1cccc(C)c1C. The molecule has 0 amide bonds. The monoisotopic (exact) mass is 257 g/mol. The fourth-order valence-corrected chi connectivity index (χ4v) is 2.14. The van der Waals surface area contributed by atoms with Gasteiger partial charge < -0.3 is 0 Å². The van der Waals surface area contributed by atoms with E-state index in [0.717, 1.165) is 36.9 Å². The highest BCUT2D eigenvalue weighted by Crippen LogP contribution is 2.20. The number of aryl methyl sites for hydroxylation is 1. The van der Waals surface area contributed by atoms with Crippen molar-refractivity contribution < 1.29 is 4.79 Å². The average Bonchev–Trinajstić information content (AvgIpc) is 2.82. The topological polar surface area (TPSA) is 47.8 Å². The van der Waals surface area contributed by atoms with Crippen molar-refractivity contribution in [3.8, 4) is 5.69 Å². The molecule has 4 nitrogen and oxygen atoms in total. The molecule has 0 saturated carbocycles. The van der Waals surface area contributed by atoms with Crippen molar-refractivity contribution in [2.75, 3.05) is 0 Å². The Labute approximate surface area is 113 Å². The van der Waals surface area contributed by atoms with Gasteiger partial charge in [0.05, 0.1) is 11.4 Å². The molecule has 1 aromatic heterocycles. The number of aldehydes is 1. The first-order valence-electron chi connectivity index (χ1n) is 6.65. The van der Waals surface area contributed by atoms with Gasteiger partial charge in [-0.25, -0.2) is 4.68 Å². The second-order valence-electron chi connectivity index (χ2n) is 4.77. The van der Waals surface area contributed by atoms with Crippen LogP contribution in [0.15, 0.2) is 18.2 Å². The molecule has 0 saturated heterocycles. The number of aromatic nitrogens is 3. The molecule has 1 heterocycles. The average molecular weight is 257 g/mol. The predicted octanol–water partition coefficient (Wildman–Crippen LogP) is 3.04. The second kappa shape index (κ2) is 5.78. The van der Waals surface area contributed by atoms with Crippen molar-refractivity contribution in [3.63, 3.8) is 0 Å². The zero-order valence-electron chi connectivity index (χ0n) is 11.7. The highest BCUT2D eigenvalue weighted by molar-refractivity contribution is 5.73. The van der Waals surface area contributed by atoms with Crippen molar-refractivity contribution in [1.29, 1.82) is 0 Å². The molecule has 0 aliphatic heterocycles. The van der Waals surface area contributed by atoms with Gasteiger partial charge in [-0.2, -0.15) is 0 Å². The first kappa shape index (κ1) is 13.5. The fraction of sp³-hybridized carbons (Fsp3) is 0.400. The van der Waals surface area contributed by atoms with E-state index in [1.807, 2.05) is 16.8 Å². The maximum atomic E-state index is 11.1. The van der Waals surface area contributed by atoms with Crippen LogP contribution in [0, 0.1) is 13.8 Å². The van der Waals surface area contributed by atoms with Gasteiger partial charge in [-0.05, 0) is 43.9 Å². The highest BCUT2D eigenvalue weighted by Gasteiger charge is 2.14. The van der Waals surface area contributed by atoms with Gasteiger partial charge in [0, 0.05) is 0 Å². The van der Waals surface area contributed by atoms with E-state index in [4.69, 9.17) is 0 Å². The summed E-state index contributed by atoms with van der Waals surface area (Å²) in [6.07, 6.45) is 3.72. The third-order valence-corrected chi connectivity index (χ3v) is 3.48. The number of rotatable bonds is 5. The molecule has 0 radical (unpaired) electrons. The van der Waals surface area contributed by atoms with Gasteiger partial charge in [-0.3, -0.25) is 4.79 Å². The fourth-order valence-electron chi connectivity index (χ4n) is 2.14. The summed E-state index contributed by atoms with van der Waals surface area (Å²) in [5.41, 5.74) is 4.75. The van der Waals surface area contributed by atoms with Gasteiger partial charge in [0.15, 0.2) is 6.29 Å². The number of carbonyl (C=O) groups is 1. The minimum Gasteiger partial charge on any atom is -0.296 e. The van der Waals surface area contributed by atoms with Crippen LogP contribution in [0.25, 0.3) is 5.69 Å². The molecule has 19 heavy (non-hydrogen) atoms. The van der Waals surface area contributed by atoms with Crippen molar-refractivity contribution in [2.24, 2.45) is 0 Å². The Morgan fingerprint density at radius 1 is 1.32 bits per heavy atom. The molecule has 0 fully saturated rings. The minimum atomic E-state index is 0.453. The van der Waals surface area contributed by atoms with Crippen LogP contribution in [0.5, 0.6) is 0 Å². The molecule has 1 aromatic carbocycles. The molecule has 0 N–H and O–H groups in total. The molecule has 0 unspecified atom stereocenters. The van der Waals surface area contributed by atoms with Crippen LogP contribution in [0.2, 0.25) is 0 Å². The predicted molar refractivity (Wildman–Crippen MR) is 74.8 cm³/mol. The van der Waals surface area contributed by atoms with E-state index in [0.29, 0.717) is 5.69 Å². The van der Waals surface area contributed by atoms with Gasteiger partial charge in [0.2, 0.25) is 0 Å². The van der Waals surface area contributed by atoms with E-state index < -0.39 is 0 Å². The first-order chi connectivity index (χ1) is 9.19. The van der Waals surface area contributed by atoms with Crippen LogP contribution in [0.1, 0.15) is 47.1 Å². The Kier molecular flexibility index (Phi) is 4.10. The summed E-state index contributed by atoms with van der Waals surface area (Å²) >= 11 is 0. The standard InChI is InChI=1S/C15H19N3O/c1-4-5-8-15-13(10-19)16-17-18(15)14-9-6-7-11(2)12(14)3/h6-7,9-10H,4-5,8H2,1-3H3. The van der Waals surface area contributed by atoms with E-state index in [9.17, 15) is 4.79 Å². The lowest BCUT2D eigenvalue weighted by atomic mass is 10.1. The molecule has 4 heteroatoms. The molecule has 0 aliphatic rings. The van der Waals surface area contributed by atoms with E-state index in [1.54, 1.807) is 0 Å². The van der Waals surface area contributed by atoms with Crippen LogP contribution in [-0.4, -0.2) is 21.3 Å². The summed E-state index contributed by atoms with van der Waals surface area (Å²) in [7, 11) is 0. The summed E-state index contributed by atoms with van der Waals surface area (Å²) in [6.45, 7) is 6.27.